The third-order valence-electron chi connectivity index (χ3n) is 8.79. The summed E-state index contributed by atoms with van der Waals surface area (Å²) >= 11 is 0. The van der Waals surface area contributed by atoms with Crippen LogP contribution in [-0.2, 0) is 16.0 Å². The molecule has 1 saturated heterocycles. The molecule has 0 saturated carbocycles. The normalized spacial score (nSPS) is 17.6. The summed E-state index contributed by atoms with van der Waals surface area (Å²) in [5, 5.41) is 21.6. The largest absolute Gasteiger partial charge is 0.497 e. The molecule has 0 bridgehead atoms. The number of hydrogen-bond acceptors (Lipinski definition) is 9. The minimum absolute atomic E-state index is 0.279. The van der Waals surface area contributed by atoms with E-state index in [-0.39, 0.29) is 25.4 Å². The number of methoxy groups -OCH3 is 1. The van der Waals surface area contributed by atoms with E-state index in [0.29, 0.717) is 33.8 Å². The van der Waals surface area contributed by atoms with Crippen LogP contribution >= 0.6 is 0 Å². The summed E-state index contributed by atoms with van der Waals surface area (Å²) < 4.78 is 14.1. The van der Waals surface area contributed by atoms with Gasteiger partial charge >= 0.3 is 5.69 Å². The lowest BCUT2D eigenvalue weighted by Gasteiger charge is -2.25. The monoisotopic (exact) mass is 679 g/mol. The van der Waals surface area contributed by atoms with Gasteiger partial charge in [-0.15, -0.1) is 5.10 Å². The van der Waals surface area contributed by atoms with E-state index in [2.05, 4.69) is 20.6 Å². The van der Waals surface area contributed by atoms with Crippen LogP contribution in [0, 0.1) is 6.92 Å². The number of nitrogens with zero attached hydrogens (tertiary/aromatic N) is 5. The second kappa shape index (κ2) is 14.7. The number of rotatable bonds is 11. The molecule has 14 nitrogen and oxygen atoms in total. The van der Waals surface area contributed by atoms with Crippen LogP contribution in [0.3, 0.4) is 0 Å². The Morgan fingerprint density at radius 2 is 1.84 bits per heavy atom. The number of carbonyl (C=O) groups is 2. The number of aliphatic hydroxyl groups is 1. The van der Waals surface area contributed by atoms with Gasteiger partial charge in [0.2, 0.25) is 5.91 Å². The molecule has 5 aromatic rings. The Kier molecular flexibility index (Phi) is 10.0. The highest BCUT2D eigenvalue weighted by atomic mass is 16.5. The van der Waals surface area contributed by atoms with E-state index in [4.69, 9.17) is 9.47 Å². The van der Waals surface area contributed by atoms with Gasteiger partial charge in [-0.1, -0.05) is 47.7 Å². The molecule has 50 heavy (non-hydrogen) atoms. The van der Waals surface area contributed by atoms with E-state index in [0.717, 1.165) is 5.56 Å². The number of aromatic amines is 1. The zero-order chi connectivity index (χ0) is 35.4. The van der Waals surface area contributed by atoms with E-state index in [1.807, 2.05) is 30.3 Å². The van der Waals surface area contributed by atoms with Gasteiger partial charge in [0.1, 0.15) is 29.8 Å². The molecule has 0 radical (unpaired) electrons. The number of carbonyl (C=O) groups excluding carboxylic acids is 2. The molecule has 0 aliphatic carbocycles. The van der Waals surface area contributed by atoms with Crippen LogP contribution in [0.1, 0.15) is 40.2 Å². The molecule has 3 aromatic carbocycles. The van der Waals surface area contributed by atoms with Gasteiger partial charge in [-0.05, 0) is 48.9 Å². The predicted molar refractivity (Wildman–Crippen MR) is 184 cm³/mol. The van der Waals surface area contributed by atoms with Crippen LogP contribution < -0.4 is 26.2 Å². The van der Waals surface area contributed by atoms with Gasteiger partial charge in [-0.2, -0.15) is 0 Å². The number of hydrogen-bond donors (Lipinski definition) is 3. The molecular weight excluding hydrogens is 642 g/mol. The molecular formula is C36H37N7O7. The fraction of sp³-hybridized carbons (Fsp3) is 0.278. The molecule has 3 heterocycles. The molecule has 4 atom stereocenters. The first-order chi connectivity index (χ1) is 24.1. The molecule has 1 aliphatic heterocycles. The smallest absolute Gasteiger partial charge is 0.330 e. The summed E-state index contributed by atoms with van der Waals surface area (Å²) in [5.74, 6) is -0.0673. The van der Waals surface area contributed by atoms with Crippen molar-refractivity contribution in [3.63, 3.8) is 0 Å². The number of amides is 2. The highest BCUT2D eigenvalue weighted by molar-refractivity contribution is 6.02. The number of nitrogens with one attached hydrogen (secondary N) is 2. The van der Waals surface area contributed by atoms with Crippen LogP contribution in [0.25, 0.3) is 11.3 Å². The zero-order valence-corrected chi connectivity index (χ0v) is 27.7. The average molecular weight is 680 g/mol. The summed E-state index contributed by atoms with van der Waals surface area (Å²) in [6, 6.07) is 22.0. The Balaban J connectivity index is 1.20. The summed E-state index contributed by atoms with van der Waals surface area (Å²) in [7, 11) is 3.23. The van der Waals surface area contributed by atoms with Crippen molar-refractivity contribution in [3.8, 4) is 17.0 Å². The first kappa shape index (κ1) is 34.0. The van der Waals surface area contributed by atoms with Crippen molar-refractivity contribution in [3.05, 3.63) is 129 Å². The van der Waals surface area contributed by atoms with Crippen molar-refractivity contribution in [1.29, 1.82) is 0 Å². The molecule has 1 aliphatic rings. The summed E-state index contributed by atoms with van der Waals surface area (Å²) in [6.07, 6.45) is 2.24. The van der Waals surface area contributed by atoms with Gasteiger partial charge in [0.25, 0.3) is 11.5 Å². The van der Waals surface area contributed by atoms with Gasteiger partial charge < -0.3 is 24.8 Å². The molecule has 258 valence electrons. The summed E-state index contributed by atoms with van der Waals surface area (Å²) in [4.78, 5) is 55.6. The van der Waals surface area contributed by atoms with Crippen molar-refractivity contribution in [1.82, 2.24) is 29.9 Å². The third kappa shape index (κ3) is 7.26. The van der Waals surface area contributed by atoms with Crippen molar-refractivity contribution in [2.75, 3.05) is 25.7 Å². The van der Waals surface area contributed by atoms with E-state index in [1.165, 1.54) is 15.7 Å². The van der Waals surface area contributed by atoms with E-state index >= 15 is 0 Å². The number of ether oxygens (including phenoxy) is 2. The topological polar surface area (TPSA) is 174 Å². The number of aliphatic hydroxyl groups excluding tert-OH is 1. The highest BCUT2D eigenvalue weighted by Gasteiger charge is 2.38. The molecule has 3 unspecified atom stereocenters. The molecule has 6 rings (SSSR count). The zero-order valence-electron chi connectivity index (χ0n) is 27.7. The average Bonchev–Trinajstić information content (AvgIpc) is 3.81. The Labute approximate surface area is 286 Å². The SMILES string of the molecule is COc1ccc(N(C)C(=O)[C@H](Cc2ccccc2)NC(=O)c2cccc(-c3cn(C4CC(n5cc(C)c(=O)[nH]c5=O)OC4CO)nn3)c2)cc1. The quantitative estimate of drug-likeness (QED) is 0.190. The van der Waals surface area contributed by atoms with Crippen molar-refractivity contribution in [2.24, 2.45) is 0 Å². The first-order valence-electron chi connectivity index (χ1n) is 16.0. The van der Waals surface area contributed by atoms with Crippen molar-refractivity contribution >= 4 is 17.5 Å². The van der Waals surface area contributed by atoms with Gasteiger partial charge in [0.15, 0.2) is 0 Å². The van der Waals surface area contributed by atoms with E-state index in [9.17, 15) is 24.3 Å². The lowest BCUT2D eigenvalue weighted by Crippen LogP contribution is -2.48. The van der Waals surface area contributed by atoms with Crippen LogP contribution in [0.4, 0.5) is 5.69 Å². The van der Waals surface area contributed by atoms with Gasteiger partial charge in [0, 0.05) is 48.5 Å². The maximum Gasteiger partial charge on any atom is 0.330 e. The van der Waals surface area contributed by atoms with E-state index in [1.54, 1.807) is 80.5 Å². The second-order valence-corrected chi connectivity index (χ2v) is 12.1. The van der Waals surface area contributed by atoms with Crippen LogP contribution in [0.2, 0.25) is 0 Å². The number of aryl methyl sites for hydroxylation is 1. The summed E-state index contributed by atoms with van der Waals surface area (Å²) in [5.41, 5.74) is 2.19. The Morgan fingerprint density at radius 1 is 1.08 bits per heavy atom. The molecule has 14 heteroatoms. The third-order valence-corrected chi connectivity index (χ3v) is 8.79. The minimum Gasteiger partial charge on any atom is -0.497 e. The predicted octanol–water partition coefficient (Wildman–Crippen LogP) is 2.64. The maximum absolute atomic E-state index is 13.8. The highest BCUT2D eigenvalue weighted by Crippen LogP contribution is 2.36. The van der Waals surface area contributed by atoms with Crippen molar-refractivity contribution in [2.45, 2.75) is 44.2 Å². The lowest BCUT2D eigenvalue weighted by molar-refractivity contribution is -0.120. The van der Waals surface area contributed by atoms with Crippen LogP contribution in [-0.4, -0.2) is 74.4 Å². The number of H-pyrrole nitrogens is 1. The fourth-order valence-corrected chi connectivity index (χ4v) is 5.98. The number of aromatic nitrogens is 5. The van der Waals surface area contributed by atoms with Gasteiger partial charge in [0.05, 0.1) is 26.0 Å². The molecule has 3 N–H and O–H groups in total. The van der Waals surface area contributed by atoms with Crippen LogP contribution in [0.5, 0.6) is 5.75 Å². The molecule has 1 fully saturated rings. The molecule has 2 aromatic heterocycles. The van der Waals surface area contributed by atoms with Crippen LogP contribution in [0.15, 0.2) is 101 Å². The number of likely N-dealkylation sites (N-methyl/N-ethyl adjacent to an activating group) is 1. The number of anilines is 1. The Morgan fingerprint density at radius 3 is 2.56 bits per heavy atom. The maximum atomic E-state index is 13.8. The first-order valence-corrected chi connectivity index (χ1v) is 16.0. The Hall–Kier alpha value is -5.86. The summed E-state index contributed by atoms with van der Waals surface area (Å²) in [6.45, 7) is 1.25. The Bertz CT molecular complexity index is 2090. The van der Waals surface area contributed by atoms with Gasteiger partial charge in [-0.25, -0.2) is 9.48 Å². The van der Waals surface area contributed by atoms with E-state index < -0.39 is 41.6 Å². The lowest BCUT2D eigenvalue weighted by atomic mass is 10.0. The molecule has 0 spiro atoms. The standard InChI is InChI=1S/C36H37N7O7/c1-22-19-42(36(48)38-33(22)45)32-18-30(31(21-44)50-32)43-20-29(39-40-43)24-10-7-11-25(17-24)34(46)37-28(16-23-8-5-4-6-9-23)35(47)41(2)26-12-14-27(49-3)15-13-26/h4-15,17,19-20,28,30-32,44H,16,18,21H2,1-3H3,(H,37,46)(H,38,45,48)/t28-,30?,31?,32?/m0/s1. The fourth-order valence-electron chi connectivity index (χ4n) is 5.98. The second-order valence-electron chi connectivity index (χ2n) is 12.1. The minimum atomic E-state index is -0.869. The number of benzene rings is 3. The van der Waals surface area contributed by atoms with Crippen molar-refractivity contribution < 1.29 is 24.2 Å². The molecule has 2 amide bonds. The van der Waals surface area contributed by atoms with Gasteiger partial charge in [-0.3, -0.25) is 23.9 Å².